The molecule has 4 aromatic rings. The van der Waals surface area contributed by atoms with Crippen LogP contribution in [0.4, 0.5) is 0 Å². The highest BCUT2D eigenvalue weighted by Crippen LogP contribution is 2.26. The van der Waals surface area contributed by atoms with Crippen molar-refractivity contribution in [2.24, 2.45) is 5.92 Å². The lowest BCUT2D eigenvalue weighted by Crippen LogP contribution is -2.39. The molecule has 6 heteroatoms. The standard InChI is InChI=1S/C26H27N3O3/c1-17(2)25(30)28(16-21-8-7-15-32-21)19(4)24-27-23-10-6-5-9-22(23)26(31)29(24)20-13-11-18(3)12-14-20/h5-15,17,19H,16H2,1-4H3. The first-order valence-electron chi connectivity index (χ1n) is 10.8. The van der Waals surface area contributed by atoms with Crippen molar-refractivity contribution in [2.75, 3.05) is 0 Å². The van der Waals surface area contributed by atoms with Crippen molar-refractivity contribution >= 4 is 16.8 Å². The minimum Gasteiger partial charge on any atom is -0.467 e. The predicted molar refractivity (Wildman–Crippen MR) is 125 cm³/mol. The number of hydrogen-bond donors (Lipinski definition) is 0. The van der Waals surface area contributed by atoms with Gasteiger partial charge in [0.15, 0.2) is 0 Å². The van der Waals surface area contributed by atoms with Gasteiger partial charge in [0.25, 0.3) is 5.56 Å². The Morgan fingerprint density at radius 1 is 1.03 bits per heavy atom. The molecule has 2 aromatic carbocycles. The minimum atomic E-state index is -0.464. The summed E-state index contributed by atoms with van der Waals surface area (Å²) in [5, 5.41) is 0.539. The topological polar surface area (TPSA) is 68.3 Å². The van der Waals surface area contributed by atoms with Crippen LogP contribution in [0.15, 0.2) is 76.1 Å². The average Bonchev–Trinajstić information content (AvgIpc) is 3.30. The van der Waals surface area contributed by atoms with Gasteiger partial charge in [-0.05, 0) is 50.2 Å². The molecular weight excluding hydrogens is 402 g/mol. The summed E-state index contributed by atoms with van der Waals surface area (Å²) in [5.74, 6) is 0.938. The highest BCUT2D eigenvalue weighted by atomic mass is 16.3. The second-order valence-corrected chi connectivity index (χ2v) is 8.34. The van der Waals surface area contributed by atoms with Gasteiger partial charge >= 0.3 is 0 Å². The number of benzene rings is 2. The number of hydrogen-bond acceptors (Lipinski definition) is 4. The Hall–Kier alpha value is -3.67. The van der Waals surface area contributed by atoms with E-state index >= 15 is 0 Å². The number of carbonyl (C=O) groups excluding carboxylic acids is 1. The Bertz CT molecular complexity index is 1290. The maximum absolute atomic E-state index is 13.6. The quantitative estimate of drug-likeness (QED) is 0.431. The van der Waals surface area contributed by atoms with Gasteiger partial charge in [0.1, 0.15) is 11.6 Å². The summed E-state index contributed by atoms with van der Waals surface area (Å²) in [6, 6.07) is 18.2. The molecule has 0 N–H and O–H groups in total. The number of aromatic nitrogens is 2. The summed E-state index contributed by atoms with van der Waals surface area (Å²) < 4.78 is 7.14. The van der Waals surface area contributed by atoms with E-state index in [2.05, 4.69) is 0 Å². The fourth-order valence-electron chi connectivity index (χ4n) is 3.82. The van der Waals surface area contributed by atoms with Crippen molar-refractivity contribution in [1.29, 1.82) is 0 Å². The van der Waals surface area contributed by atoms with E-state index in [0.29, 0.717) is 29.0 Å². The molecule has 6 nitrogen and oxygen atoms in total. The molecule has 0 bridgehead atoms. The highest BCUT2D eigenvalue weighted by Gasteiger charge is 2.29. The van der Waals surface area contributed by atoms with Gasteiger partial charge in [-0.15, -0.1) is 0 Å². The molecule has 0 saturated heterocycles. The van der Waals surface area contributed by atoms with Crippen LogP contribution in [0.5, 0.6) is 0 Å². The zero-order valence-electron chi connectivity index (χ0n) is 18.8. The fraction of sp³-hybridized carbons (Fsp3) is 0.269. The molecule has 0 aliphatic heterocycles. The lowest BCUT2D eigenvalue weighted by atomic mass is 10.1. The average molecular weight is 430 g/mol. The molecule has 1 amide bonds. The lowest BCUT2D eigenvalue weighted by Gasteiger charge is -2.31. The van der Waals surface area contributed by atoms with Crippen LogP contribution in [0.3, 0.4) is 0 Å². The zero-order valence-corrected chi connectivity index (χ0v) is 18.8. The van der Waals surface area contributed by atoms with Gasteiger partial charge in [-0.1, -0.05) is 43.7 Å². The molecule has 0 aliphatic rings. The first-order chi connectivity index (χ1) is 15.4. The van der Waals surface area contributed by atoms with Gasteiger partial charge in [0, 0.05) is 5.92 Å². The van der Waals surface area contributed by atoms with E-state index in [-0.39, 0.29) is 17.4 Å². The van der Waals surface area contributed by atoms with E-state index in [9.17, 15) is 9.59 Å². The molecule has 164 valence electrons. The summed E-state index contributed by atoms with van der Waals surface area (Å²) in [6.07, 6.45) is 1.59. The second-order valence-electron chi connectivity index (χ2n) is 8.34. The smallest absolute Gasteiger partial charge is 0.266 e. The number of rotatable bonds is 6. The van der Waals surface area contributed by atoms with Crippen LogP contribution in [-0.2, 0) is 11.3 Å². The largest absolute Gasteiger partial charge is 0.467 e. The molecule has 0 spiro atoms. The monoisotopic (exact) mass is 429 g/mol. The molecule has 0 saturated carbocycles. The minimum absolute atomic E-state index is 0.0354. The number of fused-ring (bicyclic) bond motifs is 1. The Labute approximate surface area is 187 Å². The number of nitrogens with zero attached hydrogens (tertiary/aromatic N) is 3. The van der Waals surface area contributed by atoms with E-state index in [1.165, 1.54) is 0 Å². The van der Waals surface area contributed by atoms with Crippen molar-refractivity contribution in [3.05, 3.63) is 94.4 Å². The van der Waals surface area contributed by atoms with Crippen LogP contribution in [0, 0.1) is 12.8 Å². The van der Waals surface area contributed by atoms with Crippen LogP contribution >= 0.6 is 0 Å². The maximum atomic E-state index is 13.6. The normalized spacial score (nSPS) is 12.3. The van der Waals surface area contributed by atoms with Crippen molar-refractivity contribution in [2.45, 2.75) is 40.3 Å². The molecule has 2 aromatic heterocycles. The Kier molecular flexibility index (Phi) is 5.95. The first-order valence-corrected chi connectivity index (χ1v) is 10.8. The van der Waals surface area contributed by atoms with Gasteiger partial charge in [0.2, 0.25) is 5.91 Å². The molecule has 1 atom stereocenters. The summed E-state index contributed by atoms with van der Waals surface area (Å²) in [5.41, 5.74) is 2.27. The summed E-state index contributed by atoms with van der Waals surface area (Å²) in [7, 11) is 0. The highest BCUT2D eigenvalue weighted by molar-refractivity contribution is 5.79. The van der Waals surface area contributed by atoms with Gasteiger partial charge in [-0.3, -0.25) is 14.2 Å². The van der Waals surface area contributed by atoms with Crippen LogP contribution < -0.4 is 5.56 Å². The van der Waals surface area contributed by atoms with Gasteiger partial charge < -0.3 is 9.32 Å². The number of furan rings is 1. The molecule has 32 heavy (non-hydrogen) atoms. The molecule has 4 rings (SSSR count). The van der Waals surface area contributed by atoms with Gasteiger partial charge in [-0.2, -0.15) is 0 Å². The molecule has 1 unspecified atom stereocenters. The third kappa shape index (κ3) is 4.08. The van der Waals surface area contributed by atoms with Gasteiger partial charge in [0.05, 0.1) is 35.4 Å². The van der Waals surface area contributed by atoms with Crippen molar-refractivity contribution in [1.82, 2.24) is 14.5 Å². The van der Waals surface area contributed by atoms with Crippen LogP contribution in [0.2, 0.25) is 0 Å². The van der Waals surface area contributed by atoms with E-state index in [1.807, 2.05) is 76.2 Å². The Morgan fingerprint density at radius 3 is 2.41 bits per heavy atom. The molecule has 0 aliphatic carbocycles. The summed E-state index contributed by atoms with van der Waals surface area (Å²) in [6.45, 7) is 7.93. The van der Waals surface area contributed by atoms with Crippen molar-refractivity contribution in [3.8, 4) is 5.69 Å². The van der Waals surface area contributed by atoms with Crippen LogP contribution in [0.1, 0.15) is 44.0 Å². The molecule has 0 fully saturated rings. The third-order valence-corrected chi connectivity index (χ3v) is 5.62. The Morgan fingerprint density at radius 2 is 1.75 bits per heavy atom. The van der Waals surface area contributed by atoms with Crippen molar-refractivity contribution < 1.29 is 9.21 Å². The number of aryl methyl sites for hydroxylation is 1. The Balaban J connectivity index is 1.92. The molecular formula is C26H27N3O3. The van der Waals surface area contributed by atoms with Crippen LogP contribution in [0.25, 0.3) is 16.6 Å². The molecule has 0 radical (unpaired) electrons. The predicted octanol–water partition coefficient (Wildman–Crippen LogP) is 5.03. The van der Waals surface area contributed by atoms with E-state index in [0.717, 1.165) is 11.3 Å². The van der Waals surface area contributed by atoms with E-state index in [4.69, 9.17) is 9.40 Å². The third-order valence-electron chi connectivity index (χ3n) is 5.62. The maximum Gasteiger partial charge on any atom is 0.266 e. The number of carbonyl (C=O) groups is 1. The number of para-hydroxylation sites is 1. The summed E-state index contributed by atoms with van der Waals surface area (Å²) in [4.78, 5) is 33.4. The summed E-state index contributed by atoms with van der Waals surface area (Å²) >= 11 is 0. The zero-order chi connectivity index (χ0) is 22.8. The first kappa shape index (κ1) is 21.6. The SMILES string of the molecule is Cc1ccc(-n2c(C(C)N(Cc3ccco3)C(=O)C(C)C)nc3ccccc3c2=O)cc1. The van der Waals surface area contributed by atoms with Crippen molar-refractivity contribution in [3.63, 3.8) is 0 Å². The van der Waals surface area contributed by atoms with E-state index in [1.54, 1.807) is 27.9 Å². The lowest BCUT2D eigenvalue weighted by molar-refractivity contribution is -0.137. The second kappa shape index (κ2) is 8.83. The number of amides is 1. The van der Waals surface area contributed by atoms with E-state index < -0.39 is 6.04 Å². The van der Waals surface area contributed by atoms with Crippen LogP contribution in [-0.4, -0.2) is 20.4 Å². The fourth-order valence-corrected chi connectivity index (χ4v) is 3.82. The van der Waals surface area contributed by atoms with Gasteiger partial charge in [-0.25, -0.2) is 4.98 Å². The molecule has 2 heterocycles.